The first-order valence-electron chi connectivity index (χ1n) is 5.73. The van der Waals surface area contributed by atoms with Gasteiger partial charge in [0.1, 0.15) is 6.61 Å². The quantitative estimate of drug-likeness (QED) is 0.780. The van der Waals surface area contributed by atoms with E-state index in [4.69, 9.17) is 9.47 Å². The lowest BCUT2D eigenvalue weighted by atomic mass is 10.2. The summed E-state index contributed by atoms with van der Waals surface area (Å²) in [6.45, 7) is 3.46. The lowest BCUT2D eigenvalue weighted by Crippen LogP contribution is -2.25. The molecule has 1 fully saturated rings. The molecule has 0 aliphatic carbocycles. The van der Waals surface area contributed by atoms with E-state index in [1.807, 2.05) is 20.0 Å². The molecule has 1 aliphatic rings. The van der Waals surface area contributed by atoms with E-state index in [0.29, 0.717) is 18.6 Å². The summed E-state index contributed by atoms with van der Waals surface area (Å²) < 4.78 is 11.4. The van der Waals surface area contributed by atoms with Gasteiger partial charge >= 0.3 is 0 Å². The van der Waals surface area contributed by atoms with Crippen LogP contribution in [0.5, 0.6) is 5.88 Å². The van der Waals surface area contributed by atoms with E-state index in [-0.39, 0.29) is 6.10 Å². The molecule has 2 atom stereocenters. The molecule has 1 aromatic heterocycles. The van der Waals surface area contributed by atoms with Crippen molar-refractivity contribution in [2.45, 2.75) is 32.0 Å². The predicted octanol–water partition coefficient (Wildman–Crippen LogP) is 0.864. The number of H-pyrrole nitrogens is 1. The predicted molar refractivity (Wildman–Crippen MR) is 60.6 cm³/mol. The molecule has 2 N–H and O–H groups in total. The topological polar surface area (TPSA) is 59.2 Å². The second-order valence-corrected chi connectivity index (χ2v) is 4.22. The van der Waals surface area contributed by atoms with E-state index < -0.39 is 0 Å². The van der Waals surface area contributed by atoms with Crippen LogP contribution in [0.2, 0.25) is 0 Å². The highest BCUT2D eigenvalue weighted by molar-refractivity contribution is 5.12. The van der Waals surface area contributed by atoms with Crippen LogP contribution in [0.25, 0.3) is 0 Å². The highest BCUT2D eigenvalue weighted by Gasteiger charge is 2.25. The van der Waals surface area contributed by atoms with Gasteiger partial charge in [-0.1, -0.05) is 0 Å². The van der Waals surface area contributed by atoms with Gasteiger partial charge in [-0.05, 0) is 26.8 Å². The summed E-state index contributed by atoms with van der Waals surface area (Å²) in [7, 11) is 1.94. The first-order valence-corrected chi connectivity index (χ1v) is 5.73. The average molecular weight is 225 g/mol. The number of likely N-dealkylation sites (N-methyl/N-ethyl adjacent to an activating group) is 1. The van der Waals surface area contributed by atoms with Crippen molar-refractivity contribution in [2.24, 2.45) is 0 Å². The molecule has 2 unspecified atom stereocenters. The molecule has 0 radical (unpaired) electrons. The standard InChI is InChI=1S/C11H19N3O2/c1-8-5-11(14-13-8)15-7-10-4-3-9(16-10)6-12-2/h5,9-10,12H,3-4,6-7H2,1-2H3,(H,13,14). The van der Waals surface area contributed by atoms with Gasteiger partial charge in [0, 0.05) is 18.3 Å². The van der Waals surface area contributed by atoms with E-state index in [1.165, 1.54) is 0 Å². The maximum atomic E-state index is 5.80. The third-order valence-electron chi connectivity index (χ3n) is 2.73. The molecule has 5 nitrogen and oxygen atoms in total. The molecular weight excluding hydrogens is 206 g/mol. The largest absolute Gasteiger partial charge is 0.474 e. The number of hydrogen-bond acceptors (Lipinski definition) is 4. The van der Waals surface area contributed by atoms with Gasteiger partial charge in [0.05, 0.1) is 12.2 Å². The summed E-state index contributed by atoms with van der Waals surface area (Å²) in [5.41, 5.74) is 1.01. The molecule has 5 heteroatoms. The van der Waals surface area contributed by atoms with Crippen molar-refractivity contribution in [1.29, 1.82) is 0 Å². The Morgan fingerprint density at radius 2 is 2.38 bits per heavy atom. The van der Waals surface area contributed by atoms with Gasteiger partial charge < -0.3 is 14.8 Å². The van der Waals surface area contributed by atoms with Crippen molar-refractivity contribution < 1.29 is 9.47 Å². The van der Waals surface area contributed by atoms with E-state index in [1.54, 1.807) is 0 Å². The number of hydrogen-bond donors (Lipinski definition) is 2. The molecule has 0 saturated carbocycles. The van der Waals surface area contributed by atoms with Crippen LogP contribution in [0, 0.1) is 6.92 Å². The van der Waals surface area contributed by atoms with Gasteiger partial charge in [-0.25, -0.2) is 0 Å². The summed E-state index contributed by atoms with van der Waals surface area (Å²) >= 11 is 0. The first-order chi connectivity index (χ1) is 7.78. The molecular formula is C11H19N3O2. The molecule has 1 aliphatic heterocycles. The molecule has 0 spiro atoms. The Balaban J connectivity index is 1.71. The summed E-state index contributed by atoms with van der Waals surface area (Å²) in [4.78, 5) is 0. The Kier molecular flexibility index (Phi) is 3.79. The molecule has 0 bridgehead atoms. The monoisotopic (exact) mass is 225 g/mol. The van der Waals surface area contributed by atoms with Crippen molar-refractivity contribution in [3.63, 3.8) is 0 Å². The molecule has 0 amide bonds. The highest BCUT2D eigenvalue weighted by Crippen LogP contribution is 2.20. The Morgan fingerprint density at radius 1 is 1.56 bits per heavy atom. The molecule has 90 valence electrons. The van der Waals surface area contributed by atoms with Crippen molar-refractivity contribution in [1.82, 2.24) is 15.5 Å². The minimum absolute atomic E-state index is 0.204. The van der Waals surface area contributed by atoms with E-state index in [2.05, 4.69) is 15.5 Å². The summed E-state index contributed by atoms with van der Waals surface area (Å²) in [6.07, 6.45) is 2.71. The van der Waals surface area contributed by atoms with Crippen LogP contribution >= 0.6 is 0 Å². The fourth-order valence-corrected chi connectivity index (χ4v) is 1.93. The summed E-state index contributed by atoms with van der Waals surface area (Å²) in [5, 5.41) is 9.99. The van der Waals surface area contributed by atoms with Gasteiger partial charge in [0.15, 0.2) is 0 Å². The number of aryl methyl sites for hydroxylation is 1. The Bertz CT molecular complexity index is 327. The fraction of sp³-hybridized carbons (Fsp3) is 0.727. The molecule has 1 aromatic rings. The summed E-state index contributed by atoms with van der Waals surface area (Å²) in [5.74, 6) is 0.651. The zero-order valence-electron chi connectivity index (χ0n) is 9.82. The number of nitrogens with one attached hydrogen (secondary N) is 2. The van der Waals surface area contributed by atoms with E-state index in [0.717, 1.165) is 25.1 Å². The van der Waals surface area contributed by atoms with Crippen LogP contribution in [0.15, 0.2) is 6.07 Å². The molecule has 0 aromatic carbocycles. The van der Waals surface area contributed by atoms with Gasteiger partial charge in [0.2, 0.25) is 5.88 Å². The maximum absolute atomic E-state index is 5.80. The smallest absolute Gasteiger partial charge is 0.232 e. The molecule has 2 heterocycles. The Labute approximate surface area is 95.5 Å². The number of rotatable bonds is 5. The van der Waals surface area contributed by atoms with Crippen molar-refractivity contribution in [3.8, 4) is 5.88 Å². The van der Waals surface area contributed by atoms with Gasteiger partial charge in [-0.15, -0.1) is 5.10 Å². The van der Waals surface area contributed by atoms with Crippen molar-refractivity contribution in [3.05, 3.63) is 11.8 Å². The average Bonchev–Trinajstić information content (AvgIpc) is 2.85. The van der Waals surface area contributed by atoms with E-state index in [9.17, 15) is 0 Å². The number of aromatic amines is 1. The van der Waals surface area contributed by atoms with Gasteiger partial charge in [-0.2, -0.15) is 0 Å². The van der Waals surface area contributed by atoms with Crippen LogP contribution in [0.1, 0.15) is 18.5 Å². The zero-order chi connectivity index (χ0) is 11.4. The van der Waals surface area contributed by atoms with Crippen molar-refractivity contribution in [2.75, 3.05) is 20.2 Å². The van der Waals surface area contributed by atoms with Crippen LogP contribution in [0.4, 0.5) is 0 Å². The minimum atomic E-state index is 0.204. The second kappa shape index (κ2) is 5.32. The number of ether oxygens (including phenoxy) is 2. The molecule has 2 rings (SSSR count). The SMILES string of the molecule is CNCC1CCC(COc2cc(C)[nH]n2)O1. The third-order valence-corrected chi connectivity index (χ3v) is 2.73. The number of nitrogens with zero attached hydrogens (tertiary/aromatic N) is 1. The lowest BCUT2D eigenvalue weighted by molar-refractivity contribution is 0.0184. The molecule has 16 heavy (non-hydrogen) atoms. The zero-order valence-corrected chi connectivity index (χ0v) is 9.82. The molecule has 1 saturated heterocycles. The lowest BCUT2D eigenvalue weighted by Gasteiger charge is -2.13. The van der Waals surface area contributed by atoms with Crippen LogP contribution in [0.3, 0.4) is 0 Å². The van der Waals surface area contributed by atoms with Crippen LogP contribution in [-0.4, -0.2) is 42.6 Å². The van der Waals surface area contributed by atoms with Crippen molar-refractivity contribution >= 4 is 0 Å². The normalized spacial score (nSPS) is 24.9. The Hall–Kier alpha value is -1.07. The first kappa shape index (κ1) is 11.4. The third kappa shape index (κ3) is 2.96. The van der Waals surface area contributed by atoms with Gasteiger partial charge in [-0.3, -0.25) is 5.10 Å². The maximum Gasteiger partial charge on any atom is 0.232 e. The van der Waals surface area contributed by atoms with E-state index >= 15 is 0 Å². The second-order valence-electron chi connectivity index (χ2n) is 4.22. The fourth-order valence-electron chi connectivity index (χ4n) is 1.93. The van der Waals surface area contributed by atoms with Gasteiger partial charge in [0.25, 0.3) is 0 Å². The minimum Gasteiger partial charge on any atom is -0.474 e. The number of aromatic nitrogens is 2. The van der Waals surface area contributed by atoms with Crippen LogP contribution in [-0.2, 0) is 4.74 Å². The van der Waals surface area contributed by atoms with Crippen LogP contribution < -0.4 is 10.1 Å². The summed E-state index contributed by atoms with van der Waals surface area (Å²) in [6, 6.07) is 1.89. The Morgan fingerprint density at radius 3 is 3.06 bits per heavy atom. The highest BCUT2D eigenvalue weighted by atomic mass is 16.5.